The summed E-state index contributed by atoms with van der Waals surface area (Å²) in [7, 11) is 0. The molecule has 0 aromatic heterocycles. The number of benzene rings is 1. The van der Waals surface area contributed by atoms with Crippen molar-refractivity contribution in [2.24, 2.45) is 0 Å². The number of terminal acetylenes is 1. The van der Waals surface area contributed by atoms with Gasteiger partial charge in [-0.15, -0.1) is 6.42 Å². The number of nitrogens with one attached hydrogen (secondary N) is 1. The molecule has 1 aromatic rings. The number of hydrogen-bond acceptors (Lipinski definition) is 3. The fraction of sp³-hybridized carbons (Fsp3) is 0.529. The minimum Gasteiger partial charge on any atom is -0.481 e. The molecule has 0 radical (unpaired) electrons. The highest BCUT2D eigenvalue weighted by Gasteiger charge is 2.24. The first-order chi connectivity index (χ1) is 10.1. The normalized spacial score (nSPS) is 22.8. The van der Waals surface area contributed by atoms with Gasteiger partial charge in [0.05, 0.1) is 0 Å². The summed E-state index contributed by atoms with van der Waals surface area (Å²) in [5, 5.41) is 2.37. The first-order valence-corrected chi connectivity index (χ1v) is 8.27. The molecule has 2 rings (SSSR count). The molecule has 1 saturated heterocycles. The van der Waals surface area contributed by atoms with E-state index < -0.39 is 0 Å². The van der Waals surface area contributed by atoms with Crippen LogP contribution in [-0.4, -0.2) is 23.7 Å². The maximum Gasteiger partial charge on any atom is 0.148 e. The Labute approximate surface area is 136 Å². The fourth-order valence-electron chi connectivity index (χ4n) is 2.86. The molecule has 1 aliphatic heterocycles. The topological polar surface area (TPSA) is 24.5 Å². The van der Waals surface area contributed by atoms with E-state index >= 15 is 0 Å². The highest BCUT2D eigenvalue weighted by Crippen LogP contribution is 2.25. The minimum atomic E-state index is 0.297. The van der Waals surface area contributed by atoms with Gasteiger partial charge in [0, 0.05) is 28.7 Å². The summed E-state index contributed by atoms with van der Waals surface area (Å²) in [6, 6.07) is 7.15. The van der Waals surface area contributed by atoms with Gasteiger partial charge in [0.1, 0.15) is 12.4 Å². The van der Waals surface area contributed by atoms with Crippen LogP contribution in [0, 0.1) is 12.3 Å². The van der Waals surface area contributed by atoms with E-state index in [1.54, 1.807) is 0 Å². The number of piperidine rings is 1. The Morgan fingerprint density at radius 1 is 1.38 bits per heavy atom. The van der Waals surface area contributed by atoms with E-state index in [0.29, 0.717) is 18.7 Å². The van der Waals surface area contributed by atoms with Crippen LogP contribution < -0.4 is 10.2 Å². The zero-order chi connectivity index (χ0) is 15.2. The Morgan fingerprint density at radius 2 is 2.10 bits per heavy atom. The summed E-state index contributed by atoms with van der Waals surface area (Å²) in [5.41, 5.74) is 4.68. The standard InChI is InChI=1S/C17H23BrN2O/c1-4-10-21-17-9-8-16(18)11-15(17)12-19-20-13(2)6-5-7-14(20)3/h1,8-9,11,13-14,19H,5-7,10,12H2,2-3H3. The van der Waals surface area contributed by atoms with Crippen molar-refractivity contribution in [1.82, 2.24) is 10.4 Å². The van der Waals surface area contributed by atoms with Crippen LogP contribution in [0.25, 0.3) is 0 Å². The van der Waals surface area contributed by atoms with Crippen molar-refractivity contribution in [3.05, 3.63) is 28.2 Å². The number of rotatable bonds is 5. The van der Waals surface area contributed by atoms with E-state index in [1.807, 2.05) is 12.1 Å². The molecule has 0 aliphatic carbocycles. The number of hydrazine groups is 1. The summed E-state index contributed by atoms with van der Waals surface area (Å²) in [4.78, 5) is 0. The molecule has 1 fully saturated rings. The maximum absolute atomic E-state index is 5.62. The molecular formula is C17H23BrN2O. The Morgan fingerprint density at radius 3 is 2.76 bits per heavy atom. The highest BCUT2D eigenvalue weighted by molar-refractivity contribution is 9.10. The van der Waals surface area contributed by atoms with Crippen LogP contribution in [0.5, 0.6) is 5.75 Å². The third-order valence-electron chi connectivity index (χ3n) is 3.98. The third-order valence-corrected chi connectivity index (χ3v) is 4.47. The van der Waals surface area contributed by atoms with Gasteiger partial charge in [0.15, 0.2) is 0 Å². The predicted molar refractivity (Wildman–Crippen MR) is 89.9 cm³/mol. The van der Waals surface area contributed by atoms with E-state index in [2.05, 4.69) is 52.2 Å². The number of nitrogens with zero attached hydrogens (tertiary/aromatic N) is 1. The van der Waals surface area contributed by atoms with Gasteiger partial charge in [0.25, 0.3) is 0 Å². The quantitative estimate of drug-likeness (QED) is 0.818. The molecular weight excluding hydrogens is 328 g/mol. The van der Waals surface area contributed by atoms with Gasteiger partial charge < -0.3 is 4.74 Å². The first-order valence-electron chi connectivity index (χ1n) is 7.48. The highest BCUT2D eigenvalue weighted by atomic mass is 79.9. The zero-order valence-corrected chi connectivity index (χ0v) is 14.3. The van der Waals surface area contributed by atoms with Crippen LogP contribution in [0.15, 0.2) is 22.7 Å². The van der Waals surface area contributed by atoms with E-state index in [-0.39, 0.29) is 0 Å². The number of halogens is 1. The summed E-state index contributed by atoms with van der Waals surface area (Å²) < 4.78 is 6.67. The molecule has 0 bridgehead atoms. The van der Waals surface area contributed by atoms with Crippen LogP contribution in [0.2, 0.25) is 0 Å². The van der Waals surface area contributed by atoms with Crippen molar-refractivity contribution in [2.45, 2.75) is 51.7 Å². The monoisotopic (exact) mass is 350 g/mol. The summed E-state index contributed by atoms with van der Waals surface area (Å²) >= 11 is 3.52. The van der Waals surface area contributed by atoms with Gasteiger partial charge in [-0.05, 0) is 44.9 Å². The second-order valence-electron chi connectivity index (χ2n) is 5.62. The average molecular weight is 351 g/mol. The van der Waals surface area contributed by atoms with Gasteiger partial charge in [-0.2, -0.15) is 0 Å². The van der Waals surface area contributed by atoms with Crippen LogP contribution in [-0.2, 0) is 6.54 Å². The molecule has 1 N–H and O–H groups in total. The third kappa shape index (κ3) is 4.47. The van der Waals surface area contributed by atoms with Crippen LogP contribution in [0.4, 0.5) is 0 Å². The maximum atomic E-state index is 5.62. The van der Waals surface area contributed by atoms with E-state index in [4.69, 9.17) is 11.2 Å². The lowest BCUT2D eigenvalue weighted by Crippen LogP contribution is -2.51. The van der Waals surface area contributed by atoms with Crippen molar-refractivity contribution in [3.63, 3.8) is 0 Å². The second kappa shape index (κ2) is 7.84. The average Bonchev–Trinajstić information content (AvgIpc) is 2.46. The predicted octanol–water partition coefficient (Wildman–Crippen LogP) is 3.73. The lowest BCUT2D eigenvalue weighted by Gasteiger charge is -2.39. The molecule has 0 spiro atoms. The molecule has 2 atom stereocenters. The zero-order valence-electron chi connectivity index (χ0n) is 12.7. The van der Waals surface area contributed by atoms with Crippen molar-refractivity contribution in [3.8, 4) is 18.1 Å². The lowest BCUT2D eigenvalue weighted by molar-refractivity contribution is 0.0432. The molecule has 21 heavy (non-hydrogen) atoms. The molecule has 1 aliphatic rings. The van der Waals surface area contributed by atoms with Crippen LogP contribution in [0.3, 0.4) is 0 Å². The van der Waals surface area contributed by atoms with Gasteiger partial charge in [-0.25, -0.2) is 5.01 Å². The SMILES string of the molecule is C#CCOc1ccc(Br)cc1CNN1C(C)CCCC1C. The molecule has 0 amide bonds. The summed E-state index contributed by atoms with van der Waals surface area (Å²) in [5.74, 6) is 3.36. The molecule has 1 aromatic carbocycles. The fourth-order valence-corrected chi connectivity index (χ4v) is 3.26. The first kappa shape index (κ1) is 16.4. The van der Waals surface area contributed by atoms with Crippen molar-refractivity contribution in [2.75, 3.05) is 6.61 Å². The molecule has 4 heteroatoms. The molecule has 1 heterocycles. The Kier molecular flexibility index (Phi) is 6.10. The number of ether oxygens (including phenoxy) is 1. The van der Waals surface area contributed by atoms with E-state index in [0.717, 1.165) is 22.3 Å². The van der Waals surface area contributed by atoms with Crippen molar-refractivity contribution >= 4 is 15.9 Å². The second-order valence-corrected chi connectivity index (χ2v) is 6.53. The molecule has 114 valence electrons. The van der Waals surface area contributed by atoms with Crippen LogP contribution in [0.1, 0.15) is 38.7 Å². The Balaban J connectivity index is 2.04. The lowest BCUT2D eigenvalue weighted by atomic mass is 10.00. The van der Waals surface area contributed by atoms with Gasteiger partial charge in [-0.1, -0.05) is 28.3 Å². The summed E-state index contributed by atoms with van der Waals surface area (Å²) in [6.45, 7) is 5.60. The number of hydrogen-bond donors (Lipinski definition) is 1. The van der Waals surface area contributed by atoms with Gasteiger partial charge in [-0.3, -0.25) is 5.43 Å². The summed E-state index contributed by atoms with van der Waals surface area (Å²) in [6.07, 6.45) is 9.08. The minimum absolute atomic E-state index is 0.297. The molecule has 0 saturated carbocycles. The molecule has 2 unspecified atom stereocenters. The smallest absolute Gasteiger partial charge is 0.148 e. The van der Waals surface area contributed by atoms with Crippen LogP contribution >= 0.6 is 15.9 Å². The van der Waals surface area contributed by atoms with E-state index in [1.165, 1.54) is 19.3 Å². The largest absolute Gasteiger partial charge is 0.481 e. The Bertz CT molecular complexity index is 502. The van der Waals surface area contributed by atoms with Crippen molar-refractivity contribution in [1.29, 1.82) is 0 Å². The Hall–Kier alpha value is -1.02. The van der Waals surface area contributed by atoms with E-state index in [9.17, 15) is 0 Å². The van der Waals surface area contributed by atoms with Crippen molar-refractivity contribution < 1.29 is 4.74 Å². The van der Waals surface area contributed by atoms with Gasteiger partial charge in [0.2, 0.25) is 0 Å². The molecule has 3 nitrogen and oxygen atoms in total. The van der Waals surface area contributed by atoms with Gasteiger partial charge >= 0.3 is 0 Å².